The molecule has 6 nitrogen and oxygen atoms in total. The van der Waals surface area contributed by atoms with Crippen molar-refractivity contribution in [1.29, 1.82) is 0 Å². The summed E-state index contributed by atoms with van der Waals surface area (Å²) in [5, 5.41) is 7.00. The zero-order valence-electron chi connectivity index (χ0n) is 14.7. The first-order chi connectivity index (χ1) is 13.2. The van der Waals surface area contributed by atoms with Gasteiger partial charge in [0.25, 0.3) is 11.5 Å². The number of likely N-dealkylation sites (tertiary alicyclic amines) is 1. The number of hydrogen-bond donors (Lipinski definition) is 2. The predicted octanol–water partition coefficient (Wildman–Crippen LogP) is 2.95. The van der Waals surface area contributed by atoms with Crippen LogP contribution in [-0.4, -0.2) is 39.9 Å². The number of amides is 1. The lowest BCUT2D eigenvalue weighted by molar-refractivity contribution is 0.0899. The van der Waals surface area contributed by atoms with E-state index in [0.29, 0.717) is 5.82 Å². The third-order valence-electron chi connectivity index (χ3n) is 4.60. The summed E-state index contributed by atoms with van der Waals surface area (Å²) in [4.78, 5) is 36.4. The molecule has 1 aliphatic rings. The van der Waals surface area contributed by atoms with Gasteiger partial charge in [0.05, 0.1) is 4.88 Å². The number of carbonyl (C=O) groups is 1. The molecule has 0 aromatic carbocycles. The van der Waals surface area contributed by atoms with E-state index in [1.807, 2.05) is 17.5 Å². The molecule has 8 heteroatoms. The number of piperidine rings is 1. The van der Waals surface area contributed by atoms with Crippen molar-refractivity contribution in [2.75, 3.05) is 13.1 Å². The van der Waals surface area contributed by atoms with Crippen molar-refractivity contribution in [2.45, 2.75) is 25.4 Å². The second-order valence-electron chi connectivity index (χ2n) is 6.58. The van der Waals surface area contributed by atoms with E-state index in [9.17, 15) is 9.59 Å². The molecule has 0 unspecified atom stereocenters. The molecule has 3 aromatic rings. The number of nitrogens with zero attached hydrogens (tertiary/aromatic N) is 2. The number of thiophene rings is 2. The van der Waals surface area contributed by atoms with Gasteiger partial charge < -0.3 is 10.3 Å². The Morgan fingerprint density at radius 2 is 2.15 bits per heavy atom. The van der Waals surface area contributed by atoms with Crippen molar-refractivity contribution in [3.05, 3.63) is 62.0 Å². The molecule has 1 atom stereocenters. The van der Waals surface area contributed by atoms with E-state index >= 15 is 0 Å². The Kier molecular flexibility index (Phi) is 5.47. The standard InChI is InChI=1S/C19H20N4O2S2/c24-18(15-10-20-17(22-19(15)25)16-6-3-9-27-16)21-13-4-1-7-23(11-13)12-14-5-2-8-26-14/h2-3,5-6,8-10,13H,1,4,7,11-12H2,(H,21,24)(H,20,22,25)/t13-/m1/s1. The van der Waals surface area contributed by atoms with Gasteiger partial charge >= 0.3 is 0 Å². The van der Waals surface area contributed by atoms with Crippen LogP contribution in [0.15, 0.2) is 46.0 Å². The Morgan fingerprint density at radius 1 is 1.30 bits per heavy atom. The lowest BCUT2D eigenvalue weighted by atomic mass is 10.1. The van der Waals surface area contributed by atoms with Crippen molar-refractivity contribution in [1.82, 2.24) is 20.2 Å². The van der Waals surface area contributed by atoms with E-state index in [2.05, 4.69) is 37.7 Å². The summed E-state index contributed by atoms with van der Waals surface area (Å²) in [5.41, 5.74) is -0.345. The van der Waals surface area contributed by atoms with Crippen LogP contribution in [0.3, 0.4) is 0 Å². The van der Waals surface area contributed by atoms with Crippen LogP contribution < -0.4 is 10.9 Å². The average Bonchev–Trinajstić information content (AvgIpc) is 3.36. The van der Waals surface area contributed by atoms with Crippen LogP contribution in [0.25, 0.3) is 10.7 Å². The van der Waals surface area contributed by atoms with E-state index < -0.39 is 5.56 Å². The molecule has 1 saturated heterocycles. The summed E-state index contributed by atoms with van der Waals surface area (Å²) >= 11 is 3.24. The molecular weight excluding hydrogens is 380 g/mol. The number of aromatic amines is 1. The molecule has 3 aromatic heterocycles. The van der Waals surface area contributed by atoms with Crippen molar-refractivity contribution < 1.29 is 4.79 Å². The number of carbonyl (C=O) groups excluding carboxylic acids is 1. The van der Waals surface area contributed by atoms with Crippen LogP contribution in [0.5, 0.6) is 0 Å². The first-order valence-electron chi connectivity index (χ1n) is 8.88. The quantitative estimate of drug-likeness (QED) is 0.690. The topological polar surface area (TPSA) is 78.1 Å². The summed E-state index contributed by atoms with van der Waals surface area (Å²) in [6.45, 7) is 2.73. The summed E-state index contributed by atoms with van der Waals surface area (Å²) in [6, 6.07) is 8.01. The zero-order chi connectivity index (χ0) is 18.6. The van der Waals surface area contributed by atoms with Crippen molar-refractivity contribution in [3.8, 4) is 10.7 Å². The number of aromatic nitrogens is 2. The molecular formula is C19H20N4O2S2. The SMILES string of the molecule is O=C(N[C@@H]1CCCN(Cc2cccs2)C1)c1cnc(-c2cccs2)[nH]c1=O. The predicted molar refractivity (Wildman–Crippen MR) is 108 cm³/mol. The molecule has 27 heavy (non-hydrogen) atoms. The van der Waals surface area contributed by atoms with Gasteiger partial charge in [-0.3, -0.25) is 14.5 Å². The first-order valence-corrected chi connectivity index (χ1v) is 10.6. The highest BCUT2D eigenvalue weighted by atomic mass is 32.1. The van der Waals surface area contributed by atoms with Gasteiger partial charge in [0.1, 0.15) is 11.4 Å². The van der Waals surface area contributed by atoms with Crippen molar-refractivity contribution in [3.63, 3.8) is 0 Å². The van der Waals surface area contributed by atoms with Gasteiger partial charge in [-0.05, 0) is 42.3 Å². The lowest BCUT2D eigenvalue weighted by Crippen LogP contribution is -2.48. The zero-order valence-corrected chi connectivity index (χ0v) is 16.3. The second kappa shape index (κ2) is 8.16. The van der Waals surface area contributed by atoms with Crippen molar-refractivity contribution in [2.24, 2.45) is 0 Å². The fraction of sp³-hybridized carbons (Fsp3) is 0.316. The number of nitrogens with one attached hydrogen (secondary N) is 2. The highest BCUT2D eigenvalue weighted by Crippen LogP contribution is 2.19. The van der Waals surface area contributed by atoms with E-state index in [-0.39, 0.29) is 17.5 Å². The Bertz CT molecular complexity index is 951. The Labute approximate surface area is 164 Å². The van der Waals surface area contributed by atoms with Crippen LogP contribution in [0, 0.1) is 0 Å². The Hall–Kier alpha value is -2.29. The minimum absolute atomic E-state index is 0.0441. The summed E-state index contributed by atoms with van der Waals surface area (Å²) in [7, 11) is 0. The van der Waals surface area contributed by atoms with E-state index in [0.717, 1.165) is 37.4 Å². The molecule has 0 radical (unpaired) electrons. The lowest BCUT2D eigenvalue weighted by Gasteiger charge is -2.32. The van der Waals surface area contributed by atoms with Gasteiger partial charge in [0, 0.05) is 30.2 Å². The highest BCUT2D eigenvalue weighted by molar-refractivity contribution is 7.13. The van der Waals surface area contributed by atoms with Crippen LogP contribution in [-0.2, 0) is 6.54 Å². The highest BCUT2D eigenvalue weighted by Gasteiger charge is 2.23. The van der Waals surface area contributed by atoms with Crippen LogP contribution in [0.2, 0.25) is 0 Å². The molecule has 0 bridgehead atoms. The third-order valence-corrected chi connectivity index (χ3v) is 6.34. The molecule has 1 amide bonds. The van der Waals surface area contributed by atoms with Crippen LogP contribution in [0.4, 0.5) is 0 Å². The van der Waals surface area contributed by atoms with Gasteiger partial charge in [0.2, 0.25) is 0 Å². The van der Waals surface area contributed by atoms with Crippen molar-refractivity contribution >= 4 is 28.6 Å². The van der Waals surface area contributed by atoms with E-state index in [1.54, 1.807) is 11.3 Å². The maximum Gasteiger partial charge on any atom is 0.264 e. The fourth-order valence-corrected chi connectivity index (χ4v) is 4.72. The molecule has 1 fully saturated rings. The average molecular weight is 401 g/mol. The molecule has 140 valence electrons. The molecule has 2 N–H and O–H groups in total. The maximum absolute atomic E-state index is 12.6. The number of rotatable bonds is 5. The smallest absolute Gasteiger partial charge is 0.264 e. The summed E-state index contributed by atoms with van der Waals surface area (Å²) in [6.07, 6.45) is 3.32. The molecule has 0 spiro atoms. The fourth-order valence-electron chi connectivity index (χ4n) is 3.30. The number of hydrogen-bond acceptors (Lipinski definition) is 6. The minimum atomic E-state index is -0.405. The van der Waals surface area contributed by atoms with Gasteiger partial charge in [-0.1, -0.05) is 12.1 Å². The van der Waals surface area contributed by atoms with Gasteiger partial charge in [-0.15, -0.1) is 22.7 Å². The Morgan fingerprint density at radius 3 is 2.89 bits per heavy atom. The van der Waals surface area contributed by atoms with E-state index in [1.165, 1.54) is 22.4 Å². The molecule has 0 saturated carbocycles. The monoisotopic (exact) mass is 400 g/mol. The molecule has 1 aliphatic heterocycles. The van der Waals surface area contributed by atoms with Gasteiger partial charge in [0.15, 0.2) is 0 Å². The Balaban J connectivity index is 1.40. The van der Waals surface area contributed by atoms with Gasteiger partial charge in [-0.2, -0.15) is 0 Å². The maximum atomic E-state index is 12.6. The first kappa shape index (κ1) is 18.1. The molecule has 4 rings (SSSR count). The van der Waals surface area contributed by atoms with Crippen LogP contribution in [0.1, 0.15) is 28.1 Å². The normalized spacial score (nSPS) is 17.7. The third kappa shape index (κ3) is 4.35. The summed E-state index contributed by atoms with van der Waals surface area (Å²) in [5.74, 6) is 0.135. The second-order valence-corrected chi connectivity index (χ2v) is 8.56. The minimum Gasteiger partial charge on any atom is -0.348 e. The van der Waals surface area contributed by atoms with Gasteiger partial charge in [-0.25, -0.2) is 4.98 Å². The van der Waals surface area contributed by atoms with E-state index in [4.69, 9.17) is 0 Å². The van der Waals surface area contributed by atoms with Crippen LogP contribution >= 0.6 is 22.7 Å². The largest absolute Gasteiger partial charge is 0.348 e. The molecule has 4 heterocycles. The molecule has 0 aliphatic carbocycles. The number of H-pyrrole nitrogens is 1. The summed E-state index contributed by atoms with van der Waals surface area (Å²) < 4.78 is 0.